The first kappa shape index (κ1) is 22.5. The number of rotatable bonds is 6. The third kappa shape index (κ3) is 3.62. The fraction of sp³-hybridized carbons (Fsp3) is 0.889. The second kappa shape index (κ2) is 8.35. The Hall–Kier alpha value is -0.670. The summed E-state index contributed by atoms with van der Waals surface area (Å²) in [6, 6.07) is 0. The van der Waals surface area contributed by atoms with Crippen LogP contribution in [0.2, 0.25) is 0 Å². The molecule has 2 N–H and O–H groups in total. The van der Waals surface area contributed by atoms with Gasteiger partial charge in [-0.3, -0.25) is 4.79 Å². The van der Waals surface area contributed by atoms with Gasteiger partial charge in [0, 0.05) is 18.6 Å². The van der Waals surface area contributed by atoms with Crippen molar-refractivity contribution in [2.24, 2.45) is 40.4 Å². The van der Waals surface area contributed by atoms with Crippen molar-refractivity contribution in [1.82, 2.24) is 0 Å². The molecule has 0 spiro atoms. The fourth-order valence-corrected chi connectivity index (χ4v) is 8.25. The van der Waals surface area contributed by atoms with Crippen LogP contribution in [0, 0.1) is 40.4 Å². The van der Waals surface area contributed by atoms with Gasteiger partial charge in [-0.15, -0.1) is 0 Å². The predicted octanol–water partition coefficient (Wildman–Crippen LogP) is 5.68. The van der Waals surface area contributed by atoms with E-state index in [1.165, 1.54) is 24.0 Å². The molecule has 0 aromatic rings. The van der Waals surface area contributed by atoms with Crippen molar-refractivity contribution in [1.29, 1.82) is 0 Å². The Kier molecular flexibility index (Phi) is 6.27. The molecule has 3 nitrogen and oxygen atoms in total. The monoisotopic (exact) mass is 416 g/mol. The van der Waals surface area contributed by atoms with Crippen LogP contribution in [0.5, 0.6) is 0 Å². The van der Waals surface area contributed by atoms with Crippen LogP contribution < -0.4 is 0 Å². The van der Waals surface area contributed by atoms with Crippen molar-refractivity contribution >= 4 is 5.78 Å². The Morgan fingerprint density at radius 2 is 1.87 bits per heavy atom. The summed E-state index contributed by atoms with van der Waals surface area (Å²) in [6.45, 7) is 9.65. The Bertz CT molecular complexity index is 696. The molecular weight excluding hydrogens is 372 g/mol. The molecule has 30 heavy (non-hydrogen) atoms. The van der Waals surface area contributed by atoms with Gasteiger partial charge < -0.3 is 10.2 Å². The minimum absolute atomic E-state index is 0.0717. The fourth-order valence-electron chi connectivity index (χ4n) is 8.25. The first-order valence-corrected chi connectivity index (χ1v) is 12.8. The topological polar surface area (TPSA) is 57.5 Å². The maximum atomic E-state index is 13.4. The Labute approximate surface area is 183 Å². The highest BCUT2D eigenvalue weighted by atomic mass is 16.3. The molecule has 4 aliphatic carbocycles. The predicted molar refractivity (Wildman–Crippen MR) is 121 cm³/mol. The number of ketones is 1. The van der Waals surface area contributed by atoms with Crippen LogP contribution in [0.15, 0.2) is 11.1 Å². The minimum atomic E-state index is -0.113. The van der Waals surface area contributed by atoms with Crippen LogP contribution in [-0.2, 0) is 4.79 Å². The number of hydrogen-bond donors (Lipinski definition) is 2. The largest absolute Gasteiger partial charge is 0.396 e. The van der Waals surface area contributed by atoms with Gasteiger partial charge >= 0.3 is 0 Å². The smallest absolute Gasteiger partial charge is 0.159 e. The van der Waals surface area contributed by atoms with Crippen molar-refractivity contribution in [2.45, 2.75) is 104 Å². The summed E-state index contributed by atoms with van der Waals surface area (Å²) in [4.78, 5) is 13.4. The summed E-state index contributed by atoms with van der Waals surface area (Å²) in [5.41, 5.74) is 3.14. The van der Waals surface area contributed by atoms with E-state index in [4.69, 9.17) is 0 Å². The Balaban J connectivity index is 1.56. The number of hydrogen-bond acceptors (Lipinski definition) is 3. The van der Waals surface area contributed by atoms with E-state index >= 15 is 0 Å². The summed E-state index contributed by atoms with van der Waals surface area (Å²) in [5.74, 6) is 3.08. The zero-order valence-electron chi connectivity index (χ0n) is 19.8. The zero-order chi connectivity index (χ0) is 21.7. The van der Waals surface area contributed by atoms with Crippen LogP contribution >= 0.6 is 0 Å². The van der Waals surface area contributed by atoms with Crippen molar-refractivity contribution in [3.05, 3.63) is 11.1 Å². The number of Topliss-reactive ketones (excluding diaryl/α,β-unsaturated/α-hetero) is 1. The highest BCUT2D eigenvalue weighted by Crippen LogP contribution is 2.65. The Morgan fingerprint density at radius 1 is 1.10 bits per heavy atom. The lowest BCUT2D eigenvalue weighted by molar-refractivity contribution is -0.115. The maximum absolute atomic E-state index is 13.4. The lowest BCUT2D eigenvalue weighted by Crippen LogP contribution is -2.48. The molecule has 0 radical (unpaired) electrons. The number of fused-ring (bicyclic) bond motifs is 4. The van der Waals surface area contributed by atoms with Gasteiger partial charge in [0.15, 0.2) is 5.78 Å². The lowest BCUT2D eigenvalue weighted by Gasteiger charge is -2.56. The molecule has 170 valence electrons. The van der Waals surface area contributed by atoms with Gasteiger partial charge in [0.25, 0.3) is 0 Å². The van der Waals surface area contributed by atoms with Gasteiger partial charge in [0.05, 0.1) is 6.10 Å². The summed E-state index contributed by atoms with van der Waals surface area (Å²) in [7, 11) is 0. The van der Waals surface area contributed by atoms with E-state index in [2.05, 4.69) is 27.7 Å². The molecule has 0 aliphatic heterocycles. The SMILES string of the molecule is CC(CO)CCC[C@@H](C)[C@H]1CC(=O)C2=C3CC[C@H]4C[C@@H](O)CC[C@]4(C)[C@H]3CC[C@@]21C. The molecular formula is C27H44O3. The molecule has 0 amide bonds. The summed E-state index contributed by atoms with van der Waals surface area (Å²) >= 11 is 0. The Morgan fingerprint density at radius 3 is 2.60 bits per heavy atom. The second-order valence-corrected chi connectivity index (χ2v) is 12.0. The van der Waals surface area contributed by atoms with E-state index in [1.807, 2.05) is 0 Å². The first-order valence-electron chi connectivity index (χ1n) is 12.8. The van der Waals surface area contributed by atoms with E-state index in [1.54, 1.807) is 0 Å². The molecule has 4 aliphatic rings. The molecule has 4 rings (SSSR count). The van der Waals surface area contributed by atoms with Gasteiger partial charge in [0.1, 0.15) is 0 Å². The van der Waals surface area contributed by atoms with E-state index < -0.39 is 0 Å². The molecule has 0 saturated heterocycles. The number of allylic oxidation sites excluding steroid dienone is 2. The average molecular weight is 417 g/mol. The molecule has 0 aromatic carbocycles. The molecule has 1 unspecified atom stereocenters. The van der Waals surface area contributed by atoms with Crippen LogP contribution in [0.4, 0.5) is 0 Å². The molecule has 8 atom stereocenters. The van der Waals surface area contributed by atoms with Crippen LogP contribution in [0.1, 0.15) is 98.3 Å². The minimum Gasteiger partial charge on any atom is -0.396 e. The number of carbonyl (C=O) groups is 1. The normalized spacial score (nSPS) is 43.1. The van der Waals surface area contributed by atoms with Gasteiger partial charge in [-0.2, -0.15) is 0 Å². The quantitative estimate of drug-likeness (QED) is 0.585. The lowest BCUT2D eigenvalue weighted by atomic mass is 9.48. The van der Waals surface area contributed by atoms with Gasteiger partial charge in [-0.05, 0) is 91.8 Å². The summed E-state index contributed by atoms with van der Waals surface area (Å²) in [6.07, 6.45) is 11.7. The standard InChI is InChI=1S/C27H44O3/c1-17(16-28)6-5-7-18(2)23-15-24(30)25-21-9-8-19-14-20(29)10-12-26(19,3)22(21)11-13-27(23,25)4/h17-20,22-23,28-29H,5-16H2,1-4H3/t17?,18-,19+,20+,22+,23-,26+,27-/m1/s1. The van der Waals surface area contributed by atoms with Gasteiger partial charge in [-0.1, -0.05) is 46.1 Å². The summed E-state index contributed by atoms with van der Waals surface area (Å²) < 4.78 is 0. The molecule has 3 saturated carbocycles. The van der Waals surface area contributed by atoms with Gasteiger partial charge in [-0.25, -0.2) is 0 Å². The van der Waals surface area contributed by atoms with Crippen molar-refractivity contribution in [3.63, 3.8) is 0 Å². The zero-order valence-corrected chi connectivity index (χ0v) is 19.8. The van der Waals surface area contributed by atoms with E-state index in [-0.39, 0.29) is 23.5 Å². The van der Waals surface area contributed by atoms with Crippen molar-refractivity contribution in [2.75, 3.05) is 6.61 Å². The number of aliphatic hydroxyl groups is 2. The molecule has 0 aromatic heterocycles. The van der Waals surface area contributed by atoms with E-state index in [0.29, 0.717) is 35.4 Å². The number of carbonyl (C=O) groups excluding carboxylic acids is 1. The van der Waals surface area contributed by atoms with E-state index in [9.17, 15) is 15.0 Å². The maximum Gasteiger partial charge on any atom is 0.159 e. The third-order valence-corrected chi connectivity index (χ3v) is 10.2. The highest BCUT2D eigenvalue weighted by molar-refractivity contribution is 6.00. The van der Waals surface area contributed by atoms with Crippen LogP contribution in [0.25, 0.3) is 0 Å². The van der Waals surface area contributed by atoms with Gasteiger partial charge in [0.2, 0.25) is 0 Å². The molecule has 0 heterocycles. The highest BCUT2D eigenvalue weighted by Gasteiger charge is 2.57. The third-order valence-electron chi connectivity index (χ3n) is 10.2. The van der Waals surface area contributed by atoms with Crippen molar-refractivity contribution in [3.8, 4) is 0 Å². The van der Waals surface area contributed by atoms with Crippen LogP contribution in [-0.4, -0.2) is 28.7 Å². The second-order valence-electron chi connectivity index (χ2n) is 12.0. The summed E-state index contributed by atoms with van der Waals surface area (Å²) in [5, 5.41) is 19.5. The molecule has 3 fully saturated rings. The molecule has 0 bridgehead atoms. The van der Waals surface area contributed by atoms with Crippen LogP contribution in [0.3, 0.4) is 0 Å². The number of aliphatic hydroxyl groups excluding tert-OH is 2. The average Bonchev–Trinajstić information content (AvgIpc) is 2.99. The van der Waals surface area contributed by atoms with Crippen molar-refractivity contribution < 1.29 is 15.0 Å². The molecule has 3 heteroatoms. The van der Waals surface area contributed by atoms with E-state index in [0.717, 1.165) is 57.8 Å². The first-order chi connectivity index (χ1) is 14.2.